The molecule has 0 unspecified atom stereocenters. The van der Waals surface area contributed by atoms with E-state index in [2.05, 4.69) is 15.3 Å². The highest BCUT2D eigenvalue weighted by Crippen LogP contribution is 2.20. The number of hydrogen-bond acceptors (Lipinski definition) is 8. The molecule has 1 atom stereocenters. The molecule has 0 fully saturated rings. The van der Waals surface area contributed by atoms with Crippen LogP contribution in [-0.2, 0) is 14.3 Å². The summed E-state index contributed by atoms with van der Waals surface area (Å²) in [7, 11) is 0. The Balaban J connectivity index is 1.81. The van der Waals surface area contributed by atoms with Gasteiger partial charge >= 0.3 is 5.97 Å². The van der Waals surface area contributed by atoms with Gasteiger partial charge in [0.2, 0.25) is 0 Å². The minimum absolute atomic E-state index is 0.0464. The molecule has 1 N–H and O–H groups in total. The van der Waals surface area contributed by atoms with Gasteiger partial charge < -0.3 is 10.1 Å². The van der Waals surface area contributed by atoms with Crippen molar-refractivity contribution in [3.63, 3.8) is 0 Å². The number of amides is 1. The van der Waals surface area contributed by atoms with Crippen molar-refractivity contribution in [2.24, 2.45) is 0 Å². The Labute approximate surface area is 157 Å². The molecule has 2 heterocycles. The Morgan fingerprint density at radius 2 is 2.23 bits per heavy atom. The number of nitrogens with zero attached hydrogens (tertiary/aromatic N) is 3. The van der Waals surface area contributed by atoms with Crippen molar-refractivity contribution in [3.8, 4) is 6.07 Å². The maximum absolute atomic E-state index is 12.0. The Kier molecular flexibility index (Phi) is 6.77. The van der Waals surface area contributed by atoms with Gasteiger partial charge in [0.15, 0.2) is 18.3 Å². The topological polar surface area (TPSA) is 122 Å². The number of rotatable bonds is 7. The monoisotopic (exact) mass is 392 g/mol. The zero-order valence-electron chi connectivity index (χ0n) is 13.6. The fraction of sp³-hybridized carbons (Fsp3) is 0.250. The summed E-state index contributed by atoms with van der Waals surface area (Å²) in [6, 6.07) is 4.70. The van der Waals surface area contributed by atoms with Gasteiger partial charge in [0.1, 0.15) is 17.2 Å². The third kappa shape index (κ3) is 5.34. The van der Waals surface area contributed by atoms with Gasteiger partial charge in [-0.15, -0.1) is 11.3 Å². The third-order valence-corrected chi connectivity index (χ3v) is 4.32. The van der Waals surface area contributed by atoms with Gasteiger partial charge in [0.25, 0.3) is 5.91 Å². The van der Waals surface area contributed by atoms with Gasteiger partial charge in [0, 0.05) is 22.3 Å². The van der Waals surface area contributed by atoms with Crippen LogP contribution in [0.15, 0.2) is 23.7 Å². The fourth-order valence-corrected chi connectivity index (χ4v) is 2.85. The molecule has 10 heteroatoms. The number of ether oxygens (including phenoxy) is 1. The van der Waals surface area contributed by atoms with E-state index in [9.17, 15) is 14.4 Å². The molecule has 2 aromatic rings. The highest BCUT2D eigenvalue weighted by Gasteiger charge is 2.24. The molecule has 0 spiro atoms. The molecule has 2 aromatic heterocycles. The first-order valence-corrected chi connectivity index (χ1v) is 8.56. The van der Waals surface area contributed by atoms with Crippen molar-refractivity contribution < 1.29 is 19.1 Å². The summed E-state index contributed by atoms with van der Waals surface area (Å²) < 4.78 is 4.80. The van der Waals surface area contributed by atoms with Crippen molar-refractivity contribution in [1.82, 2.24) is 15.3 Å². The number of Topliss-reactive ketones (excluding diaryl/α,β-unsaturated/α-hetero) is 1. The number of thiazole rings is 1. The lowest BCUT2D eigenvalue weighted by Gasteiger charge is -2.08. The van der Waals surface area contributed by atoms with E-state index in [1.54, 1.807) is 12.3 Å². The van der Waals surface area contributed by atoms with Crippen LogP contribution in [0.3, 0.4) is 0 Å². The Morgan fingerprint density at radius 1 is 1.46 bits per heavy atom. The van der Waals surface area contributed by atoms with Crippen LogP contribution >= 0.6 is 22.9 Å². The van der Waals surface area contributed by atoms with E-state index in [-0.39, 0.29) is 5.69 Å². The zero-order chi connectivity index (χ0) is 19.1. The number of carbonyl (C=O) groups excluding carboxylic acids is 3. The van der Waals surface area contributed by atoms with Crippen LogP contribution < -0.4 is 5.32 Å². The maximum atomic E-state index is 12.0. The average molecular weight is 393 g/mol. The number of aromatic nitrogens is 2. The quantitative estimate of drug-likeness (QED) is 0.710. The van der Waals surface area contributed by atoms with E-state index >= 15 is 0 Å². The molecule has 0 bridgehead atoms. The predicted octanol–water partition coefficient (Wildman–Crippen LogP) is 1.65. The van der Waals surface area contributed by atoms with Crippen LogP contribution in [0.2, 0.25) is 5.02 Å². The van der Waals surface area contributed by atoms with Crippen LogP contribution in [0, 0.1) is 18.3 Å². The molecule has 0 aliphatic rings. The minimum atomic E-state index is -1.09. The molecule has 0 aliphatic carbocycles. The summed E-state index contributed by atoms with van der Waals surface area (Å²) in [5.41, 5.74) is 0.748. The Hall–Kier alpha value is -2.83. The first-order valence-electron chi connectivity index (χ1n) is 7.30. The van der Waals surface area contributed by atoms with Gasteiger partial charge in [0.05, 0.1) is 6.07 Å². The number of nitrogens with one attached hydrogen (secondary N) is 1. The standard InChI is InChI=1S/C16H13ClN4O4S/c1-9-8-26-16(21-9)11(5-18)13(22)7-25-14(23)6-20-15(24)12-4-10(17)2-3-19-12/h2-4,8,11H,6-7H2,1H3,(H,20,24)/t11-/m1/s1. The largest absolute Gasteiger partial charge is 0.456 e. The van der Waals surface area contributed by atoms with Gasteiger partial charge in [-0.3, -0.25) is 19.4 Å². The van der Waals surface area contributed by atoms with E-state index in [0.29, 0.717) is 15.7 Å². The van der Waals surface area contributed by atoms with Crippen LogP contribution in [0.25, 0.3) is 0 Å². The van der Waals surface area contributed by atoms with E-state index < -0.39 is 36.7 Å². The van der Waals surface area contributed by atoms with E-state index in [1.165, 1.54) is 29.7 Å². The normalized spacial score (nSPS) is 11.3. The highest BCUT2D eigenvalue weighted by molar-refractivity contribution is 7.09. The zero-order valence-corrected chi connectivity index (χ0v) is 15.1. The number of hydrogen-bond donors (Lipinski definition) is 1. The predicted molar refractivity (Wildman–Crippen MR) is 92.8 cm³/mol. The second-order valence-corrected chi connectivity index (χ2v) is 6.38. The second-order valence-electron chi connectivity index (χ2n) is 5.06. The first kappa shape index (κ1) is 19.5. The van der Waals surface area contributed by atoms with Gasteiger partial charge in [-0.05, 0) is 19.1 Å². The average Bonchev–Trinajstić information content (AvgIpc) is 3.04. The van der Waals surface area contributed by atoms with Crippen LogP contribution in [0.4, 0.5) is 0 Å². The first-order chi connectivity index (χ1) is 12.4. The summed E-state index contributed by atoms with van der Waals surface area (Å²) in [4.78, 5) is 43.4. The molecule has 0 aromatic carbocycles. The minimum Gasteiger partial charge on any atom is -0.456 e. The summed E-state index contributed by atoms with van der Waals surface area (Å²) in [6.45, 7) is 0.714. The lowest BCUT2D eigenvalue weighted by molar-refractivity contribution is -0.146. The van der Waals surface area contributed by atoms with Crippen molar-refractivity contribution in [1.29, 1.82) is 5.26 Å². The number of carbonyl (C=O) groups is 3. The van der Waals surface area contributed by atoms with Crippen LogP contribution in [-0.4, -0.2) is 40.8 Å². The lowest BCUT2D eigenvalue weighted by Crippen LogP contribution is -2.32. The molecule has 0 radical (unpaired) electrons. The van der Waals surface area contributed by atoms with Gasteiger partial charge in [-0.2, -0.15) is 5.26 Å². The lowest BCUT2D eigenvalue weighted by atomic mass is 10.1. The highest BCUT2D eigenvalue weighted by atomic mass is 35.5. The van der Waals surface area contributed by atoms with Crippen molar-refractivity contribution >= 4 is 40.6 Å². The molecule has 1 amide bonds. The molecule has 0 saturated carbocycles. The van der Waals surface area contributed by atoms with Crippen molar-refractivity contribution in [2.75, 3.05) is 13.2 Å². The summed E-state index contributed by atoms with van der Waals surface area (Å²) >= 11 is 6.94. The molecule has 0 aliphatic heterocycles. The summed E-state index contributed by atoms with van der Waals surface area (Å²) in [5.74, 6) is -3.10. The molecule has 8 nitrogen and oxygen atoms in total. The molecule has 2 rings (SSSR count). The maximum Gasteiger partial charge on any atom is 0.325 e. The SMILES string of the molecule is Cc1csc([C@H](C#N)C(=O)COC(=O)CNC(=O)c2cc(Cl)ccn2)n1. The van der Waals surface area contributed by atoms with Gasteiger partial charge in [-0.1, -0.05) is 11.6 Å². The van der Waals surface area contributed by atoms with Crippen molar-refractivity contribution in [3.05, 3.63) is 45.1 Å². The smallest absolute Gasteiger partial charge is 0.325 e. The van der Waals surface area contributed by atoms with E-state index in [1.807, 2.05) is 6.07 Å². The number of pyridine rings is 1. The molecular weight excluding hydrogens is 380 g/mol. The Bertz CT molecular complexity index is 877. The fourth-order valence-electron chi connectivity index (χ4n) is 1.83. The molecule has 134 valence electrons. The molecule has 26 heavy (non-hydrogen) atoms. The van der Waals surface area contributed by atoms with Crippen LogP contribution in [0.5, 0.6) is 0 Å². The number of ketones is 1. The number of halogens is 1. The van der Waals surface area contributed by atoms with Crippen molar-refractivity contribution in [2.45, 2.75) is 12.8 Å². The number of nitriles is 1. The summed E-state index contributed by atoms with van der Waals surface area (Å²) in [5, 5.41) is 13.8. The summed E-state index contributed by atoms with van der Waals surface area (Å²) in [6.07, 6.45) is 1.36. The van der Waals surface area contributed by atoms with E-state index in [0.717, 1.165) is 0 Å². The Morgan fingerprint density at radius 3 is 2.85 bits per heavy atom. The second kappa shape index (κ2) is 9.03. The number of esters is 1. The molecular formula is C16H13ClN4O4S. The number of aryl methyl sites for hydroxylation is 1. The van der Waals surface area contributed by atoms with Gasteiger partial charge in [-0.25, -0.2) is 4.98 Å². The van der Waals surface area contributed by atoms with Crippen LogP contribution in [0.1, 0.15) is 27.1 Å². The third-order valence-electron chi connectivity index (χ3n) is 3.06. The van der Waals surface area contributed by atoms with E-state index in [4.69, 9.17) is 21.6 Å². The molecule has 0 saturated heterocycles.